The zero-order chi connectivity index (χ0) is 11.6. The Morgan fingerprint density at radius 2 is 1.88 bits per heavy atom. The smallest absolute Gasteiger partial charge is 0.215 e. The number of piperidine rings is 1. The van der Waals surface area contributed by atoms with Crippen LogP contribution in [0.4, 0.5) is 0 Å². The lowest BCUT2D eigenvalue weighted by atomic mass is 10.1. The van der Waals surface area contributed by atoms with E-state index in [0.29, 0.717) is 0 Å². The van der Waals surface area contributed by atoms with Gasteiger partial charge in [-0.3, -0.25) is 0 Å². The fourth-order valence-corrected chi connectivity index (χ4v) is 3.43. The maximum atomic E-state index is 11.5. The van der Waals surface area contributed by atoms with Gasteiger partial charge in [-0.05, 0) is 38.8 Å². The molecule has 0 radical (unpaired) electrons. The summed E-state index contributed by atoms with van der Waals surface area (Å²) in [6, 6.07) is 0.922. The molecule has 92 valence electrons. The van der Waals surface area contributed by atoms with Crippen LogP contribution in [0.15, 0.2) is 12.7 Å². The first-order valence-corrected chi connectivity index (χ1v) is 7.61. The van der Waals surface area contributed by atoms with Crippen LogP contribution in [0.25, 0.3) is 0 Å². The molecule has 0 amide bonds. The van der Waals surface area contributed by atoms with E-state index in [2.05, 4.69) is 16.2 Å². The van der Waals surface area contributed by atoms with E-state index < -0.39 is 10.0 Å². The van der Waals surface area contributed by atoms with Crippen LogP contribution in [0.5, 0.6) is 0 Å². The van der Waals surface area contributed by atoms with Crippen LogP contribution in [0.3, 0.4) is 0 Å². The lowest BCUT2D eigenvalue weighted by Crippen LogP contribution is -2.45. The molecule has 1 saturated heterocycles. The molecule has 16 heavy (non-hydrogen) atoms. The molecule has 1 heterocycles. The van der Waals surface area contributed by atoms with E-state index in [0.717, 1.165) is 32.0 Å². The van der Waals surface area contributed by atoms with Gasteiger partial charge in [-0.2, -0.15) is 0 Å². The van der Waals surface area contributed by atoms with Gasteiger partial charge >= 0.3 is 0 Å². The number of hydrogen-bond donors (Lipinski definition) is 1. The summed E-state index contributed by atoms with van der Waals surface area (Å²) in [5.74, 6) is 0.0237. The second-order valence-electron chi connectivity index (χ2n) is 4.73. The van der Waals surface area contributed by atoms with Gasteiger partial charge in [0.15, 0.2) is 0 Å². The molecule has 1 aliphatic carbocycles. The summed E-state index contributed by atoms with van der Waals surface area (Å²) in [4.78, 5) is 2.48. The SMILES string of the molecule is C=CCS(=O)(=O)NC1CCN(C2CC2)CC1. The van der Waals surface area contributed by atoms with Crippen molar-refractivity contribution in [2.24, 2.45) is 0 Å². The summed E-state index contributed by atoms with van der Waals surface area (Å²) < 4.78 is 25.8. The average Bonchev–Trinajstić information content (AvgIpc) is 3.01. The summed E-state index contributed by atoms with van der Waals surface area (Å²) in [6.07, 6.45) is 5.96. The van der Waals surface area contributed by atoms with Crippen LogP contribution < -0.4 is 4.72 Å². The monoisotopic (exact) mass is 244 g/mol. The van der Waals surface area contributed by atoms with Gasteiger partial charge in [0.1, 0.15) is 0 Å². The van der Waals surface area contributed by atoms with Crippen molar-refractivity contribution in [2.45, 2.75) is 37.8 Å². The predicted molar refractivity (Wildman–Crippen MR) is 64.7 cm³/mol. The molecule has 0 aromatic rings. The third-order valence-corrected chi connectivity index (χ3v) is 4.64. The Morgan fingerprint density at radius 1 is 1.25 bits per heavy atom. The predicted octanol–water partition coefficient (Wildman–Crippen LogP) is 0.719. The molecule has 0 spiro atoms. The molecular weight excluding hydrogens is 224 g/mol. The van der Waals surface area contributed by atoms with E-state index in [1.54, 1.807) is 0 Å². The summed E-state index contributed by atoms with van der Waals surface area (Å²) in [5.41, 5.74) is 0. The molecule has 1 N–H and O–H groups in total. The van der Waals surface area contributed by atoms with E-state index in [9.17, 15) is 8.42 Å². The summed E-state index contributed by atoms with van der Waals surface area (Å²) in [7, 11) is -3.14. The number of sulfonamides is 1. The number of nitrogens with zero attached hydrogens (tertiary/aromatic N) is 1. The molecule has 0 aromatic carbocycles. The Bertz CT molecular complexity index is 341. The third-order valence-electron chi connectivity index (χ3n) is 3.28. The largest absolute Gasteiger partial charge is 0.300 e. The Hall–Kier alpha value is -0.390. The Labute approximate surface area is 97.8 Å². The molecule has 0 atom stereocenters. The first kappa shape index (κ1) is 12.1. The zero-order valence-electron chi connectivity index (χ0n) is 9.56. The van der Waals surface area contributed by atoms with E-state index >= 15 is 0 Å². The highest BCUT2D eigenvalue weighted by Crippen LogP contribution is 2.29. The van der Waals surface area contributed by atoms with Crippen molar-refractivity contribution in [1.82, 2.24) is 9.62 Å². The fourth-order valence-electron chi connectivity index (χ4n) is 2.28. The Kier molecular flexibility index (Phi) is 3.66. The topological polar surface area (TPSA) is 49.4 Å². The second kappa shape index (κ2) is 4.85. The molecule has 1 aliphatic heterocycles. The van der Waals surface area contributed by atoms with Crippen LogP contribution in [-0.2, 0) is 10.0 Å². The van der Waals surface area contributed by atoms with E-state index in [-0.39, 0.29) is 11.8 Å². The van der Waals surface area contributed by atoms with Crippen molar-refractivity contribution in [3.63, 3.8) is 0 Å². The van der Waals surface area contributed by atoms with Crippen molar-refractivity contribution in [2.75, 3.05) is 18.8 Å². The molecular formula is C11H20N2O2S. The normalized spacial score (nSPS) is 24.5. The van der Waals surface area contributed by atoms with Gasteiger partial charge in [-0.25, -0.2) is 13.1 Å². The molecule has 5 heteroatoms. The highest BCUT2D eigenvalue weighted by Gasteiger charge is 2.32. The number of hydrogen-bond acceptors (Lipinski definition) is 3. The van der Waals surface area contributed by atoms with E-state index in [1.165, 1.54) is 18.9 Å². The summed E-state index contributed by atoms with van der Waals surface area (Å²) in [6.45, 7) is 5.52. The maximum absolute atomic E-state index is 11.5. The van der Waals surface area contributed by atoms with Gasteiger partial charge in [0, 0.05) is 12.1 Å². The van der Waals surface area contributed by atoms with Gasteiger partial charge in [-0.1, -0.05) is 6.08 Å². The fraction of sp³-hybridized carbons (Fsp3) is 0.818. The van der Waals surface area contributed by atoms with Crippen molar-refractivity contribution < 1.29 is 8.42 Å². The van der Waals surface area contributed by atoms with Gasteiger partial charge in [0.25, 0.3) is 0 Å². The molecule has 1 saturated carbocycles. The standard InChI is InChI=1S/C11H20N2O2S/c1-2-9-16(14,15)12-10-5-7-13(8-6-10)11-3-4-11/h2,10-12H,1,3-9H2. The minimum atomic E-state index is -3.14. The molecule has 2 rings (SSSR count). The van der Waals surface area contributed by atoms with Crippen LogP contribution in [0.1, 0.15) is 25.7 Å². The second-order valence-corrected chi connectivity index (χ2v) is 6.53. The van der Waals surface area contributed by atoms with Gasteiger partial charge < -0.3 is 4.90 Å². The Morgan fingerprint density at radius 3 is 2.38 bits per heavy atom. The quantitative estimate of drug-likeness (QED) is 0.725. The Balaban J connectivity index is 1.78. The molecule has 2 aliphatic rings. The van der Waals surface area contributed by atoms with Crippen LogP contribution >= 0.6 is 0 Å². The molecule has 0 unspecified atom stereocenters. The number of likely N-dealkylation sites (tertiary alicyclic amines) is 1. The lowest BCUT2D eigenvalue weighted by molar-refractivity contribution is 0.199. The van der Waals surface area contributed by atoms with Crippen LogP contribution in [-0.4, -0.2) is 44.2 Å². The van der Waals surface area contributed by atoms with E-state index in [1.807, 2.05) is 0 Å². The van der Waals surface area contributed by atoms with Crippen LogP contribution in [0, 0.1) is 0 Å². The van der Waals surface area contributed by atoms with Crippen molar-refractivity contribution in [3.8, 4) is 0 Å². The third kappa shape index (κ3) is 3.30. The molecule has 4 nitrogen and oxygen atoms in total. The van der Waals surface area contributed by atoms with Gasteiger partial charge in [0.2, 0.25) is 10.0 Å². The van der Waals surface area contributed by atoms with Gasteiger partial charge in [0.05, 0.1) is 5.75 Å². The summed E-state index contributed by atoms with van der Waals surface area (Å²) >= 11 is 0. The van der Waals surface area contributed by atoms with Crippen molar-refractivity contribution in [3.05, 3.63) is 12.7 Å². The minimum absolute atomic E-state index is 0.0237. The van der Waals surface area contributed by atoms with Crippen LogP contribution in [0.2, 0.25) is 0 Å². The highest BCUT2D eigenvalue weighted by atomic mass is 32.2. The zero-order valence-corrected chi connectivity index (χ0v) is 10.4. The molecule has 0 aromatic heterocycles. The first-order valence-electron chi connectivity index (χ1n) is 5.95. The lowest BCUT2D eigenvalue weighted by Gasteiger charge is -2.32. The highest BCUT2D eigenvalue weighted by molar-refractivity contribution is 7.89. The maximum Gasteiger partial charge on any atom is 0.215 e. The first-order chi connectivity index (χ1) is 7.61. The van der Waals surface area contributed by atoms with Crippen molar-refractivity contribution >= 4 is 10.0 Å². The average molecular weight is 244 g/mol. The molecule has 0 bridgehead atoms. The number of nitrogens with one attached hydrogen (secondary N) is 1. The van der Waals surface area contributed by atoms with E-state index in [4.69, 9.17) is 0 Å². The summed E-state index contributed by atoms with van der Waals surface area (Å²) in [5, 5.41) is 0. The molecule has 2 fully saturated rings. The van der Waals surface area contributed by atoms with Gasteiger partial charge in [-0.15, -0.1) is 6.58 Å². The minimum Gasteiger partial charge on any atom is -0.300 e. The van der Waals surface area contributed by atoms with Crippen molar-refractivity contribution in [1.29, 1.82) is 0 Å². The number of rotatable bonds is 5.